The van der Waals surface area contributed by atoms with Crippen molar-refractivity contribution in [1.29, 1.82) is 0 Å². The fraction of sp³-hybridized carbons (Fsp3) is 0.611. The normalized spacial score (nSPS) is 17.3. The molecule has 2 rings (SSSR count). The average Bonchev–Trinajstić information content (AvgIpc) is 2.60. The van der Waals surface area contributed by atoms with Gasteiger partial charge in [0.2, 0.25) is 5.91 Å². The quantitative estimate of drug-likeness (QED) is 0.645. The first-order valence-electron chi connectivity index (χ1n) is 8.58. The van der Waals surface area contributed by atoms with Crippen molar-refractivity contribution in [3.05, 3.63) is 30.3 Å². The van der Waals surface area contributed by atoms with Crippen molar-refractivity contribution in [1.82, 2.24) is 5.32 Å². The first kappa shape index (κ1) is 19.1. The van der Waals surface area contributed by atoms with E-state index in [9.17, 15) is 13.9 Å². The number of ether oxygens (including phenoxy) is 1. The van der Waals surface area contributed by atoms with Gasteiger partial charge in [0.15, 0.2) is 0 Å². The lowest BCUT2D eigenvalue weighted by Crippen LogP contribution is -2.49. The van der Waals surface area contributed by atoms with Crippen molar-refractivity contribution in [2.24, 2.45) is 0 Å². The van der Waals surface area contributed by atoms with Crippen LogP contribution in [0, 0.1) is 0 Å². The number of hydrogen-bond donors (Lipinski definition) is 3. The summed E-state index contributed by atoms with van der Waals surface area (Å²) in [5.41, 5.74) is 0. The van der Waals surface area contributed by atoms with Gasteiger partial charge in [-0.2, -0.15) is 10.6 Å². The zero-order chi connectivity index (χ0) is 17.6. The molecule has 0 radical (unpaired) electrons. The molecular weight excluding hydrogens is 326 g/mol. The Balaban J connectivity index is 1.84. The van der Waals surface area contributed by atoms with Crippen molar-refractivity contribution in [3.8, 4) is 5.75 Å². The van der Waals surface area contributed by atoms with E-state index >= 15 is 0 Å². The smallest absolute Gasteiger partial charge is 0.244 e. The molecule has 1 amide bonds. The van der Waals surface area contributed by atoms with E-state index < -0.39 is 15.3 Å². The van der Waals surface area contributed by atoms with Crippen LogP contribution in [0.4, 0.5) is 0 Å². The molecular formula is C18H29NO4S. The standard InChI is InChI=1S/C18H29NO4S/c1-18(2,24(21,22)16-11-7-4-8-12-16)17(20)19-13-14-23-15-9-5-3-6-10-15/h3,5-6,9-10,16,21-22H,4,7-8,11-14H2,1-2H3,(H,19,20). The first-order valence-corrected chi connectivity index (χ1v) is 10.2. The minimum Gasteiger partial charge on any atom is -0.492 e. The molecule has 24 heavy (non-hydrogen) atoms. The number of para-hydroxylation sites is 1. The van der Waals surface area contributed by atoms with Gasteiger partial charge < -0.3 is 10.1 Å². The lowest BCUT2D eigenvalue weighted by Gasteiger charge is -2.51. The maximum atomic E-state index is 12.5. The Labute approximate surface area is 146 Å². The predicted molar refractivity (Wildman–Crippen MR) is 98.7 cm³/mol. The van der Waals surface area contributed by atoms with Crippen molar-refractivity contribution in [3.63, 3.8) is 0 Å². The van der Waals surface area contributed by atoms with Crippen molar-refractivity contribution < 1.29 is 18.6 Å². The average molecular weight is 356 g/mol. The molecule has 0 atom stereocenters. The Morgan fingerprint density at radius 2 is 1.83 bits per heavy atom. The summed E-state index contributed by atoms with van der Waals surface area (Å²) in [4.78, 5) is 12.5. The Morgan fingerprint density at radius 3 is 2.46 bits per heavy atom. The van der Waals surface area contributed by atoms with Gasteiger partial charge in [0.25, 0.3) is 0 Å². The van der Waals surface area contributed by atoms with Gasteiger partial charge in [-0.25, -0.2) is 0 Å². The predicted octanol–water partition coefficient (Wildman–Crippen LogP) is 4.04. The maximum Gasteiger partial charge on any atom is 0.244 e. The van der Waals surface area contributed by atoms with Gasteiger partial charge in [-0.15, -0.1) is 0 Å². The largest absolute Gasteiger partial charge is 0.492 e. The molecule has 1 saturated carbocycles. The third-order valence-corrected chi connectivity index (χ3v) is 7.80. The van der Waals surface area contributed by atoms with Crippen LogP contribution in [-0.2, 0) is 4.79 Å². The van der Waals surface area contributed by atoms with Gasteiger partial charge in [-0.3, -0.25) is 13.9 Å². The fourth-order valence-corrected chi connectivity index (χ4v) is 5.18. The number of rotatable bonds is 7. The second kappa shape index (κ2) is 8.23. The summed E-state index contributed by atoms with van der Waals surface area (Å²) in [6, 6.07) is 9.39. The molecule has 5 nitrogen and oxygen atoms in total. The van der Waals surface area contributed by atoms with E-state index in [1.807, 2.05) is 30.3 Å². The number of hydrogen-bond acceptors (Lipinski definition) is 4. The van der Waals surface area contributed by atoms with Crippen LogP contribution in [0.15, 0.2) is 30.3 Å². The minimum atomic E-state index is -3.00. The number of carbonyl (C=O) groups excluding carboxylic acids is 1. The maximum absolute atomic E-state index is 12.5. The molecule has 0 saturated heterocycles. The third-order valence-electron chi connectivity index (χ3n) is 4.71. The Kier molecular flexibility index (Phi) is 6.54. The highest BCUT2D eigenvalue weighted by molar-refractivity contribution is 8.26. The highest BCUT2D eigenvalue weighted by Crippen LogP contribution is 2.59. The molecule has 6 heteroatoms. The number of carbonyl (C=O) groups is 1. The summed E-state index contributed by atoms with van der Waals surface area (Å²) >= 11 is 0. The van der Waals surface area contributed by atoms with Crippen LogP contribution in [0.1, 0.15) is 46.0 Å². The second-order valence-corrected chi connectivity index (χ2v) is 9.65. The highest BCUT2D eigenvalue weighted by Gasteiger charge is 2.45. The zero-order valence-electron chi connectivity index (χ0n) is 14.5. The van der Waals surface area contributed by atoms with Gasteiger partial charge in [0, 0.05) is 5.25 Å². The van der Waals surface area contributed by atoms with E-state index in [0.29, 0.717) is 13.2 Å². The highest BCUT2D eigenvalue weighted by atomic mass is 32.3. The van der Waals surface area contributed by atoms with Gasteiger partial charge in [-0.05, 0) is 38.8 Å². The molecule has 0 unspecified atom stereocenters. The molecule has 0 aromatic heterocycles. The molecule has 0 aliphatic heterocycles. The number of nitrogens with one attached hydrogen (secondary N) is 1. The van der Waals surface area contributed by atoms with Crippen molar-refractivity contribution in [2.45, 2.75) is 55.9 Å². The SMILES string of the molecule is CC(C)(C(=O)NCCOc1ccccc1)S(O)(O)C1CCCCC1. The molecule has 1 aliphatic carbocycles. The van der Waals surface area contributed by atoms with E-state index in [1.54, 1.807) is 13.8 Å². The molecule has 1 fully saturated rings. The summed E-state index contributed by atoms with van der Waals surface area (Å²) in [5.74, 6) is 0.419. The van der Waals surface area contributed by atoms with Crippen LogP contribution < -0.4 is 10.1 Å². The molecule has 1 aliphatic rings. The van der Waals surface area contributed by atoms with Crippen LogP contribution in [0.3, 0.4) is 0 Å². The molecule has 0 heterocycles. The monoisotopic (exact) mass is 355 g/mol. The van der Waals surface area contributed by atoms with Gasteiger partial charge in [0.05, 0.1) is 6.54 Å². The minimum absolute atomic E-state index is 0.174. The first-order chi connectivity index (χ1) is 11.4. The van der Waals surface area contributed by atoms with E-state index in [0.717, 1.165) is 37.9 Å². The molecule has 3 N–H and O–H groups in total. The molecule has 136 valence electrons. The van der Waals surface area contributed by atoms with Crippen LogP contribution in [-0.4, -0.2) is 38.2 Å². The van der Waals surface area contributed by atoms with Gasteiger partial charge in [-0.1, -0.05) is 37.5 Å². The lowest BCUT2D eigenvalue weighted by atomic mass is 10.0. The molecule has 1 aromatic rings. The summed E-state index contributed by atoms with van der Waals surface area (Å²) < 4.78 is 25.8. The van der Waals surface area contributed by atoms with Crippen LogP contribution in [0.25, 0.3) is 0 Å². The third kappa shape index (κ3) is 4.43. The Morgan fingerprint density at radius 1 is 1.21 bits per heavy atom. The summed E-state index contributed by atoms with van der Waals surface area (Å²) in [6.45, 7) is 3.93. The molecule has 0 spiro atoms. The van der Waals surface area contributed by atoms with Crippen LogP contribution >= 0.6 is 10.6 Å². The van der Waals surface area contributed by atoms with Crippen LogP contribution in [0.2, 0.25) is 0 Å². The molecule has 0 bridgehead atoms. The van der Waals surface area contributed by atoms with Crippen molar-refractivity contribution in [2.75, 3.05) is 13.2 Å². The second-order valence-electron chi connectivity index (χ2n) is 6.78. The van der Waals surface area contributed by atoms with E-state index in [2.05, 4.69) is 5.32 Å². The zero-order valence-corrected chi connectivity index (χ0v) is 15.3. The van der Waals surface area contributed by atoms with Gasteiger partial charge in [0.1, 0.15) is 17.1 Å². The Hall–Kier alpha value is -1.24. The van der Waals surface area contributed by atoms with Crippen molar-refractivity contribution >= 4 is 16.5 Å². The topological polar surface area (TPSA) is 78.8 Å². The van der Waals surface area contributed by atoms with E-state index in [-0.39, 0.29) is 11.2 Å². The van der Waals surface area contributed by atoms with E-state index in [4.69, 9.17) is 4.74 Å². The summed E-state index contributed by atoms with van der Waals surface area (Å²) in [6.07, 6.45) is 4.72. The van der Waals surface area contributed by atoms with Crippen LogP contribution in [0.5, 0.6) is 5.75 Å². The number of amides is 1. The fourth-order valence-electron chi connectivity index (χ4n) is 3.01. The summed E-state index contributed by atoms with van der Waals surface area (Å²) in [7, 11) is -3.00. The number of benzene rings is 1. The Bertz CT molecular complexity index is 527. The summed E-state index contributed by atoms with van der Waals surface area (Å²) in [5, 5.41) is 2.60. The van der Waals surface area contributed by atoms with E-state index in [1.165, 1.54) is 0 Å². The van der Waals surface area contributed by atoms with Gasteiger partial charge >= 0.3 is 0 Å². The lowest BCUT2D eigenvalue weighted by molar-refractivity contribution is -0.123. The molecule has 1 aromatic carbocycles.